The summed E-state index contributed by atoms with van der Waals surface area (Å²) in [5.41, 5.74) is 2.01. The van der Waals surface area contributed by atoms with Crippen LogP contribution in [-0.2, 0) is 27.4 Å². The van der Waals surface area contributed by atoms with Gasteiger partial charge in [-0.25, -0.2) is 4.79 Å². The van der Waals surface area contributed by atoms with Gasteiger partial charge in [-0.3, -0.25) is 4.79 Å². The molecular weight excluding hydrogens is 330 g/mol. The van der Waals surface area contributed by atoms with Gasteiger partial charge >= 0.3 is 5.97 Å². The highest BCUT2D eigenvalue weighted by Gasteiger charge is 2.23. The molecule has 0 saturated carbocycles. The summed E-state index contributed by atoms with van der Waals surface area (Å²) in [6.45, 7) is 4.06. The van der Waals surface area contributed by atoms with Crippen molar-refractivity contribution < 1.29 is 19.1 Å². The molecule has 26 heavy (non-hydrogen) atoms. The maximum atomic E-state index is 11.9. The van der Waals surface area contributed by atoms with Crippen molar-refractivity contribution in [3.05, 3.63) is 65.7 Å². The van der Waals surface area contributed by atoms with Gasteiger partial charge in [0.1, 0.15) is 18.4 Å². The minimum absolute atomic E-state index is 0.178. The minimum Gasteiger partial charge on any atom is -0.489 e. The number of ether oxygens (including phenoxy) is 2. The molecule has 0 aromatic heterocycles. The molecule has 1 N–H and O–H groups in total. The summed E-state index contributed by atoms with van der Waals surface area (Å²) in [5, 5.41) is 2.73. The van der Waals surface area contributed by atoms with Gasteiger partial charge in [0.15, 0.2) is 0 Å². The van der Waals surface area contributed by atoms with Crippen LogP contribution in [0.5, 0.6) is 5.75 Å². The van der Waals surface area contributed by atoms with Crippen molar-refractivity contribution in [2.75, 3.05) is 7.11 Å². The topological polar surface area (TPSA) is 64.6 Å². The number of carbonyl (C=O) groups excluding carboxylic acids is 2. The summed E-state index contributed by atoms with van der Waals surface area (Å²) in [6, 6.07) is 16.7. The zero-order valence-corrected chi connectivity index (χ0v) is 15.4. The third kappa shape index (κ3) is 5.92. The van der Waals surface area contributed by atoms with E-state index in [2.05, 4.69) is 5.32 Å². The molecule has 0 radical (unpaired) electrons. The minimum atomic E-state index is -0.703. The number of methoxy groups -OCH3 is 1. The Morgan fingerprint density at radius 1 is 0.962 bits per heavy atom. The second kappa shape index (κ2) is 9.61. The van der Waals surface area contributed by atoms with Crippen LogP contribution in [0.1, 0.15) is 25.0 Å². The van der Waals surface area contributed by atoms with Crippen molar-refractivity contribution in [2.24, 2.45) is 5.92 Å². The standard InChI is InChI=1S/C21H25NO4/c1-15(2)20(23)22-19(21(24)25-3)13-16-9-11-18(12-10-16)26-14-17-7-5-4-6-8-17/h4-12,15,19H,13-14H2,1-3H3,(H,22,23)/t19-/m0/s1. The van der Waals surface area contributed by atoms with Crippen LogP contribution in [0.3, 0.4) is 0 Å². The summed E-state index contributed by atoms with van der Waals surface area (Å²) in [6.07, 6.45) is 0.365. The SMILES string of the molecule is COC(=O)[C@H](Cc1ccc(OCc2ccccc2)cc1)NC(=O)C(C)C. The lowest BCUT2D eigenvalue weighted by atomic mass is 10.0. The first-order valence-electron chi connectivity index (χ1n) is 8.63. The molecule has 138 valence electrons. The summed E-state index contributed by atoms with van der Waals surface area (Å²) in [4.78, 5) is 23.8. The van der Waals surface area contributed by atoms with Gasteiger partial charge in [-0.05, 0) is 23.3 Å². The second-order valence-corrected chi connectivity index (χ2v) is 6.36. The molecule has 2 aromatic carbocycles. The number of nitrogens with one attached hydrogen (secondary N) is 1. The van der Waals surface area contributed by atoms with E-state index in [1.54, 1.807) is 13.8 Å². The van der Waals surface area contributed by atoms with Gasteiger partial charge in [0.2, 0.25) is 5.91 Å². The van der Waals surface area contributed by atoms with E-state index >= 15 is 0 Å². The zero-order valence-electron chi connectivity index (χ0n) is 15.4. The number of esters is 1. The molecule has 0 bridgehead atoms. The van der Waals surface area contributed by atoms with Crippen molar-refractivity contribution in [3.8, 4) is 5.75 Å². The largest absolute Gasteiger partial charge is 0.489 e. The lowest BCUT2D eigenvalue weighted by Gasteiger charge is -2.18. The summed E-state index contributed by atoms with van der Waals surface area (Å²) < 4.78 is 10.6. The molecule has 0 aliphatic carbocycles. The summed E-state index contributed by atoms with van der Waals surface area (Å²) in [5.74, 6) is -0.0824. The fraction of sp³-hybridized carbons (Fsp3) is 0.333. The fourth-order valence-electron chi connectivity index (χ4n) is 2.37. The molecule has 1 amide bonds. The van der Waals surface area contributed by atoms with Crippen molar-refractivity contribution in [3.63, 3.8) is 0 Å². The number of hydrogen-bond donors (Lipinski definition) is 1. The molecule has 0 fully saturated rings. The van der Waals surface area contributed by atoms with Crippen molar-refractivity contribution in [2.45, 2.75) is 32.9 Å². The molecule has 0 aliphatic heterocycles. The second-order valence-electron chi connectivity index (χ2n) is 6.36. The van der Waals surface area contributed by atoms with E-state index < -0.39 is 12.0 Å². The lowest BCUT2D eigenvalue weighted by Crippen LogP contribution is -2.44. The van der Waals surface area contributed by atoms with Crippen LogP contribution in [0.15, 0.2) is 54.6 Å². The van der Waals surface area contributed by atoms with Crippen LogP contribution >= 0.6 is 0 Å². The average molecular weight is 355 g/mol. The number of hydrogen-bond acceptors (Lipinski definition) is 4. The number of benzene rings is 2. The smallest absolute Gasteiger partial charge is 0.328 e. The molecule has 1 atom stereocenters. The van der Waals surface area contributed by atoms with Crippen LogP contribution < -0.4 is 10.1 Å². The van der Waals surface area contributed by atoms with Crippen LogP contribution in [-0.4, -0.2) is 25.0 Å². The van der Waals surface area contributed by atoms with Crippen LogP contribution in [0.2, 0.25) is 0 Å². The van der Waals surface area contributed by atoms with E-state index in [0.717, 1.165) is 16.9 Å². The molecule has 2 rings (SSSR count). The third-order valence-electron chi connectivity index (χ3n) is 3.94. The molecule has 5 heteroatoms. The molecule has 2 aromatic rings. The average Bonchev–Trinajstić information content (AvgIpc) is 2.66. The van der Waals surface area contributed by atoms with Gasteiger partial charge in [0.05, 0.1) is 7.11 Å². The van der Waals surface area contributed by atoms with Gasteiger partial charge < -0.3 is 14.8 Å². The molecule has 0 saturated heterocycles. The van der Waals surface area contributed by atoms with Gasteiger partial charge in [0, 0.05) is 12.3 Å². The third-order valence-corrected chi connectivity index (χ3v) is 3.94. The maximum Gasteiger partial charge on any atom is 0.328 e. The molecule has 0 unspecified atom stereocenters. The van der Waals surface area contributed by atoms with Gasteiger partial charge in [-0.2, -0.15) is 0 Å². The highest BCUT2D eigenvalue weighted by Crippen LogP contribution is 2.16. The maximum absolute atomic E-state index is 11.9. The van der Waals surface area contributed by atoms with Crippen LogP contribution in [0.4, 0.5) is 0 Å². The molecule has 0 aliphatic rings. The Kier molecular flexibility index (Phi) is 7.21. The van der Waals surface area contributed by atoms with E-state index in [9.17, 15) is 9.59 Å². The Balaban J connectivity index is 1.96. The van der Waals surface area contributed by atoms with Gasteiger partial charge in [-0.15, -0.1) is 0 Å². The fourth-order valence-corrected chi connectivity index (χ4v) is 2.37. The quantitative estimate of drug-likeness (QED) is 0.739. The highest BCUT2D eigenvalue weighted by atomic mass is 16.5. The molecule has 0 spiro atoms. The monoisotopic (exact) mass is 355 g/mol. The van der Waals surface area contributed by atoms with Crippen LogP contribution in [0, 0.1) is 5.92 Å². The Bertz CT molecular complexity index is 711. The van der Waals surface area contributed by atoms with Gasteiger partial charge in [0.25, 0.3) is 0 Å². The highest BCUT2D eigenvalue weighted by molar-refractivity contribution is 5.85. The van der Waals surface area contributed by atoms with Crippen molar-refractivity contribution in [1.82, 2.24) is 5.32 Å². The molecule has 0 heterocycles. The Morgan fingerprint density at radius 2 is 1.62 bits per heavy atom. The van der Waals surface area contributed by atoms with Crippen molar-refractivity contribution in [1.29, 1.82) is 0 Å². The first kappa shape index (κ1) is 19.5. The Hall–Kier alpha value is -2.82. The van der Waals surface area contributed by atoms with E-state index in [1.807, 2.05) is 54.6 Å². The number of rotatable bonds is 8. The van der Waals surface area contributed by atoms with E-state index in [0.29, 0.717) is 13.0 Å². The zero-order chi connectivity index (χ0) is 18.9. The van der Waals surface area contributed by atoms with Crippen molar-refractivity contribution >= 4 is 11.9 Å². The predicted molar refractivity (Wildman–Crippen MR) is 99.7 cm³/mol. The Labute approximate surface area is 154 Å². The molecular formula is C21H25NO4. The van der Waals surface area contributed by atoms with E-state index in [1.165, 1.54) is 7.11 Å². The first-order valence-corrected chi connectivity index (χ1v) is 8.63. The summed E-state index contributed by atoms with van der Waals surface area (Å²) >= 11 is 0. The molecule has 5 nitrogen and oxygen atoms in total. The number of carbonyl (C=O) groups is 2. The predicted octanol–water partition coefficient (Wildman–Crippen LogP) is 3.12. The van der Waals surface area contributed by atoms with E-state index in [-0.39, 0.29) is 11.8 Å². The van der Waals surface area contributed by atoms with Gasteiger partial charge in [-0.1, -0.05) is 56.3 Å². The summed E-state index contributed by atoms with van der Waals surface area (Å²) in [7, 11) is 1.32. The van der Waals surface area contributed by atoms with Crippen LogP contribution in [0.25, 0.3) is 0 Å². The van der Waals surface area contributed by atoms with E-state index in [4.69, 9.17) is 9.47 Å². The first-order chi connectivity index (χ1) is 12.5. The lowest BCUT2D eigenvalue weighted by molar-refractivity contribution is -0.145. The Morgan fingerprint density at radius 3 is 2.19 bits per heavy atom. The number of amides is 1. The normalized spacial score (nSPS) is 11.7.